The van der Waals surface area contributed by atoms with Gasteiger partial charge < -0.3 is 20.5 Å². The zero-order chi connectivity index (χ0) is 30.4. The minimum Gasteiger partial charge on any atom is -0.384 e. The van der Waals surface area contributed by atoms with Gasteiger partial charge >= 0.3 is 0 Å². The maximum absolute atomic E-state index is 16.2. The molecule has 0 aliphatic heterocycles. The summed E-state index contributed by atoms with van der Waals surface area (Å²) in [5.41, 5.74) is 4.94. The van der Waals surface area contributed by atoms with Gasteiger partial charge in [-0.3, -0.25) is 19.9 Å². The summed E-state index contributed by atoms with van der Waals surface area (Å²) >= 11 is 0. The molecule has 222 valence electrons. The van der Waals surface area contributed by atoms with Crippen molar-refractivity contribution in [2.75, 3.05) is 37.8 Å². The third kappa shape index (κ3) is 5.35. The highest BCUT2D eigenvalue weighted by molar-refractivity contribution is 5.99. The van der Waals surface area contributed by atoms with E-state index in [0.717, 1.165) is 19.4 Å². The van der Waals surface area contributed by atoms with Crippen molar-refractivity contribution in [3.63, 3.8) is 0 Å². The number of imidazole rings is 1. The van der Waals surface area contributed by atoms with E-state index in [1.54, 1.807) is 42.9 Å². The van der Waals surface area contributed by atoms with Gasteiger partial charge in [0.2, 0.25) is 5.91 Å². The Bertz CT molecular complexity index is 2030. The third-order valence-corrected chi connectivity index (χ3v) is 7.62. The SMILES string of the molecule is CN(C)CCNc1cc(F)cc(-c2nccc3[nH]c(-c4n[nH]c5ccc(-c6cncc(NC(=O)C7CC7)c6)c(F)c45)nc23)c1. The van der Waals surface area contributed by atoms with Crippen LogP contribution in [0.15, 0.2) is 61.1 Å². The number of benzene rings is 2. The maximum Gasteiger partial charge on any atom is 0.227 e. The predicted molar refractivity (Wildman–Crippen MR) is 166 cm³/mol. The van der Waals surface area contributed by atoms with E-state index in [1.165, 1.54) is 12.1 Å². The van der Waals surface area contributed by atoms with Crippen LogP contribution >= 0.6 is 0 Å². The highest BCUT2D eigenvalue weighted by Gasteiger charge is 2.29. The second kappa shape index (κ2) is 11.1. The molecule has 1 saturated carbocycles. The summed E-state index contributed by atoms with van der Waals surface area (Å²) in [6, 6.07) is 11.6. The van der Waals surface area contributed by atoms with E-state index in [2.05, 4.69) is 35.8 Å². The maximum atomic E-state index is 16.2. The minimum absolute atomic E-state index is 0.0347. The zero-order valence-corrected chi connectivity index (χ0v) is 24.1. The fourth-order valence-electron chi connectivity index (χ4n) is 5.22. The van der Waals surface area contributed by atoms with Crippen LogP contribution in [0.2, 0.25) is 0 Å². The number of nitrogens with zero attached hydrogens (tertiary/aromatic N) is 5. The number of hydrogen-bond donors (Lipinski definition) is 4. The summed E-state index contributed by atoms with van der Waals surface area (Å²) in [6.07, 6.45) is 6.48. The number of carbonyl (C=O) groups is 1. The Hall–Kier alpha value is -5.23. The number of likely N-dealkylation sites (N-methyl/N-ethyl adjacent to an activating group) is 1. The highest BCUT2D eigenvalue weighted by atomic mass is 19.1. The lowest BCUT2D eigenvalue weighted by molar-refractivity contribution is -0.117. The van der Waals surface area contributed by atoms with Crippen molar-refractivity contribution in [2.24, 2.45) is 5.92 Å². The number of nitrogens with one attached hydrogen (secondary N) is 4. The van der Waals surface area contributed by atoms with Gasteiger partial charge in [0.05, 0.1) is 34.0 Å². The molecule has 10 nitrogen and oxygen atoms in total. The fourth-order valence-corrected chi connectivity index (χ4v) is 5.22. The molecule has 2 aromatic carbocycles. The fraction of sp³-hybridized carbons (Fsp3) is 0.219. The number of fused-ring (bicyclic) bond motifs is 2. The van der Waals surface area contributed by atoms with Gasteiger partial charge in [0.15, 0.2) is 5.82 Å². The first-order valence-corrected chi connectivity index (χ1v) is 14.3. The molecule has 12 heteroatoms. The Morgan fingerprint density at radius 1 is 1.00 bits per heavy atom. The van der Waals surface area contributed by atoms with E-state index in [-0.39, 0.29) is 22.9 Å². The van der Waals surface area contributed by atoms with Crippen LogP contribution in [-0.4, -0.2) is 68.1 Å². The number of halogens is 2. The molecule has 0 saturated heterocycles. The van der Waals surface area contributed by atoms with Crippen LogP contribution in [0.4, 0.5) is 20.2 Å². The first kappa shape index (κ1) is 27.6. The molecule has 1 aliphatic carbocycles. The molecule has 6 aromatic rings. The van der Waals surface area contributed by atoms with Gasteiger partial charge in [0, 0.05) is 53.8 Å². The van der Waals surface area contributed by atoms with Crippen molar-refractivity contribution in [1.29, 1.82) is 0 Å². The lowest BCUT2D eigenvalue weighted by Crippen LogP contribution is -2.20. The molecular formula is C32H29F2N9O. The molecule has 0 bridgehead atoms. The van der Waals surface area contributed by atoms with Crippen LogP contribution in [-0.2, 0) is 4.79 Å². The molecule has 0 atom stereocenters. The van der Waals surface area contributed by atoms with Crippen molar-refractivity contribution in [3.05, 3.63) is 72.7 Å². The van der Waals surface area contributed by atoms with Crippen LogP contribution in [0, 0.1) is 17.6 Å². The van der Waals surface area contributed by atoms with Crippen molar-refractivity contribution in [3.8, 4) is 33.9 Å². The van der Waals surface area contributed by atoms with E-state index in [0.29, 0.717) is 62.7 Å². The van der Waals surface area contributed by atoms with Gasteiger partial charge in [-0.25, -0.2) is 13.8 Å². The van der Waals surface area contributed by atoms with Crippen molar-refractivity contribution >= 4 is 39.2 Å². The van der Waals surface area contributed by atoms with Gasteiger partial charge in [0.1, 0.15) is 22.8 Å². The van der Waals surface area contributed by atoms with E-state index in [1.807, 2.05) is 25.1 Å². The molecule has 0 spiro atoms. The Labute approximate surface area is 250 Å². The van der Waals surface area contributed by atoms with Crippen LogP contribution in [0.5, 0.6) is 0 Å². The summed E-state index contributed by atoms with van der Waals surface area (Å²) in [5.74, 6) is -0.585. The van der Waals surface area contributed by atoms with E-state index in [4.69, 9.17) is 4.98 Å². The lowest BCUT2D eigenvalue weighted by atomic mass is 10.0. The number of carbonyl (C=O) groups excluding carboxylic acids is 1. The van der Waals surface area contributed by atoms with Gasteiger partial charge in [-0.15, -0.1) is 0 Å². The molecule has 1 amide bonds. The number of anilines is 2. The molecule has 4 aromatic heterocycles. The Morgan fingerprint density at radius 2 is 1.84 bits per heavy atom. The number of H-pyrrole nitrogens is 2. The Balaban J connectivity index is 1.25. The first-order chi connectivity index (χ1) is 21.3. The van der Waals surface area contributed by atoms with Gasteiger partial charge in [0.25, 0.3) is 0 Å². The first-order valence-electron chi connectivity index (χ1n) is 14.3. The summed E-state index contributed by atoms with van der Waals surface area (Å²) in [6.45, 7) is 1.44. The Morgan fingerprint density at radius 3 is 2.66 bits per heavy atom. The molecular weight excluding hydrogens is 564 g/mol. The van der Waals surface area contributed by atoms with Crippen LogP contribution in [0.25, 0.3) is 55.8 Å². The molecule has 1 fully saturated rings. The lowest BCUT2D eigenvalue weighted by Gasteiger charge is -2.12. The molecule has 44 heavy (non-hydrogen) atoms. The quantitative estimate of drug-likeness (QED) is 0.166. The number of amides is 1. The average molecular weight is 594 g/mol. The molecule has 7 rings (SSSR count). The van der Waals surface area contributed by atoms with Crippen molar-refractivity contribution in [1.82, 2.24) is 35.0 Å². The van der Waals surface area contributed by atoms with Gasteiger partial charge in [-0.1, -0.05) is 0 Å². The summed E-state index contributed by atoms with van der Waals surface area (Å²) < 4.78 is 30.9. The monoisotopic (exact) mass is 593 g/mol. The van der Waals surface area contributed by atoms with Gasteiger partial charge in [-0.05, 0) is 69.4 Å². The average Bonchev–Trinajstić information content (AvgIpc) is 3.62. The largest absolute Gasteiger partial charge is 0.384 e. The van der Waals surface area contributed by atoms with Crippen molar-refractivity contribution < 1.29 is 13.6 Å². The third-order valence-electron chi connectivity index (χ3n) is 7.62. The molecule has 4 N–H and O–H groups in total. The molecule has 4 heterocycles. The highest BCUT2D eigenvalue weighted by Crippen LogP contribution is 2.36. The topological polar surface area (TPSA) is 128 Å². The second-order valence-corrected chi connectivity index (χ2v) is 11.2. The zero-order valence-electron chi connectivity index (χ0n) is 24.1. The second-order valence-electron chi connectivity index (χ2n) is 11.2. The smallest absolute Gasteiger partial charge is 0.227 e. The number of aromatic nitrogens is 6. The van der Waals surface area contributed by atoms with E-state index < -0.39 is 11.6 Å². The molecule has 0 unspecified atom stereocenters. The molecule has 1 aliphatic rings. The predicted octanol–water partition coefficient (Wildman–Crippen LogP) is 5.83. The number of hydrogen-bond acceptors (Lipinski definition) is 7. The number of rotatable bonds is 9. The van der Waals surface area contributed by atoms with Crippen LogP contribution in [0.3, 0.4) is 0 Å². The summed E-state index contributed by atoms with van der Waals surface area (Å²) in [5, 5.41) is 13.7. The van der Waals surface area contributed by atoms with E-state index in [9.17, 15) is 9.18 Å². The van der Waals surface area contributed by atoms with Crippen LogP contribution < -0.4 is 10.6 Å². The number of aromatic amines is 2. The summed E-state index contributed by atoms with van der Waals surface area (Å²) in [4.78, 5) is 31.0. The minimum atomic E-state index is -0.504. The summed E-state index contributed by atoms with van der Waals surface area (Å²) in [7, 11) is 3.94. The Kier molecular flexibility index (Phi) is 6.97. The van der Waals surface area contributed by atoms with Crippen molar-refractivity contribution in [2.45, 2.75) is 12.8 Å². The molecule has 0 radical (unpaired) electrons. The van der Waals surface area contributed by atoms with Crippen LogP contribution in [0.1, 0.15) is 12.8 Å². The van der Waals surface area contributed by atoms with Gasteiger partial charge in [-0.2, -0.15) is 5.10 Å². The van der Waals surface area contributed by atoms with E-state index >= 15 is 4.39 Å². The standard InChI is InChI=1S/C32H29F2N9O/c1-43(2)10-9-36-21-12-18(11-20(33)14-21)28-29-25(7-8-37-28)39-31(40-29)30-26-24(41-42-30)6-5-23(27(26)34)19-13-22(16-35-15-19)38-32(44)17-3-4-17/h5-8,11-17,36H,3-4,9-10H2,1-2H3,(H,38,44)(H,39,40)(H,41,42). The normalized spacial score (nSPS) is 13.2. The number of pyridine rings is 2.